The Hall–Kier alpha value is -1.25. The van der Waals surface area contributed by atoms with Crippen molar-refractivity contribution in [2.75, 3.05) is 38.7 Å². The van der Waals surface area contributed by atoms with Crippen molar-refractivity contribution in [1.29, 1.82) is 0 Å². The van der Waals surface area contributed by atoms with E-state index in [-0.39, 0.29) is 0 Å². The highest BCUT2D eigenvalue weighted by Crippen LogP contribution is 2.23. The fourth-order valence-corrected chi connectivity index (χ4v) is 5.36. The third-order valence-corrected chi connectivity index (χ3v) is 7.34. The number of guanidine groups is 1. The van der Waals surface area contributed by atoms with Gasteiger partial charge in [0, 0.05) is 33.2 Å². The number of thioether (sulfide) groups is 1. The predicted octanol–water partition coefficient (Wildman–Crippen LogP) is 2.67. The molecule has 1 heterocycles. The lowest BCUT2D eigenvalue weighted by atomic mass is 10.2. The minimum atomic E-state index is -3.44. The van der Waals surface area contributed by atoms with Gasteiger partial charge >= 0.3 is 0 Å². The summed E-state index contributed by atoms with van der Waals surface area (Å²) in [6.45, 7) is 2.51. The molecule has 1 aromatic carbocycles. The molecule has 0 aliphatic carbocycles. The minimum Gasteiger partial charge on any atom is -0.356 e. The summed E-state index contributed by atoms with van der Waals surface area (Å²) < 4.78 is 27.7. The van der Waals surface area contributed by atoms with E-state index in [4.69, 9.17) is 0 Å². The maximum Gasteiger partial charge on any atom is 0.243 e. The van der Waals surface area contributed by atoms with Gasteiger partial charge in [-0.3, -0.25) is 4.99 Å². The standard InChI is InChI=1S/C19H32N4O2S2/c1-20-19(21-12-6-9-15-26-2)22-16-17-10-4-5-11-18(17)27(24,25)23-13-7-3-8-14-23/h4-5,10-11H,3,6-9,12-16H2,1-2H3,(H2,20,21,22). The van der Waals surface area contributed by atoms with Gasteiger partial charge in [-0.05, 0) is 49.3 Å². The summed E-state index contributed by atoms with van der Waals surface area (Å²) in [7, 11) is -1.71. The molecular weight excluding hydrogens is 380 g/mol. The van der Waals surface area contributed by atoms with Crippen molar-refractivity contribution < 1.29 is 8.42 Å². The lowest BCUT2D eigenvalue weighted by molar-refractivity contribution is 0.346. The molecule has 1 fully saturated rings. The van der Waals surface area contributed by atoms with Crippen molar-refractivity contribution >= 4 is 27.7 Å². The number of aliphatic imine (C=N–C) groups is 1. The van der Waals surface area contributed by atoms with Crippen LogP contribution in [0.25, 0.3) is 0 Å². The van der Waals surface area contributed by atoms with Gasteiger partial charge in [0.1, 0.15) is 0 Å². The first-order valence-corrected chi connectivity index (χ1v) is 12.4. The van der Waals surface area contributed by atoms with Crippen LogP contribution in [0, 0.1) is 0 Å². The van der Waals surface area contributed by atoms with Gasteiger partial charge in [0.2, 0.25) is 10.0 Å². The van der Waals surface area contributed by atoms with Crippen molar-refractivity contribution in [2.45, 2.75) is 43.5 Å². The molecule has 0 aromatic heterocycles. The van der Waals surface area contributed by atoms with E-state index in [1.54, 1.807) is 23.5 Å². The van der Waals surface area contributed by atoms with E-state index < -0.39 is 10.0 Å². The van der Waals surface area contributed by atoms with E-state index in [0.29, 0.717) is 30.5 Å². The molecule has 152 valence electrons. The summed E-state index contributed by atoms with van der Waals surface area (Å²) in [5.41, 5.74) is 0.772. The molecule has 0 saturated carbocycles. The summed E-state index contributed by atoms with van der Waals surface area (Å²) in [5.74, 6) is 1.86. The Kier molecular flexibility index (Phi) is 9.44. The first kappa shape index (κ1) is 22.0. The summed E-state index contributed by atoms with van der Waals surface area (Å²) in [4.78, 5) is 4.63. The monoisotopic (exact) mass is 412 g/mol. The fourth-order valence-electron chi connectivity index (χ4n) is 3.12. The van der Waals surface area contributed by atoms with Crippen LogP contribution >= 0.6 is 11.8 Å². The lowest BCUT2D eigenvalue weighted by Crippen LogP contribution is -2.38. The number of hydrogen-bond acceptors (Lipinski definition) is 4. The van der Waals surface area contributed by atoms with Crippen molar-refractivity contribution in [3.63, 3.8) is 0 Å². The lowest BCUT2D eigenvalue weighted by Gasteiger charge is -2.27. The quantitative estimate of drug-likeness (QED) is 0.371. The predicted molar refractivity (Wildman–Crippen MR) is 115 cm³/mol. The molecule has 0 spiro atoms. The second-order valence-electron chi connectivity index (χ2n) is 6.62. The molecular formula is C19H32N4O2S2. The Labute approximate surface area is 168 Å². The zero-order chi connectivity index (χ0) is 19.5. The number of rotatable bonds is 9. The molecule has 1 saturated heterocycles. The van der Waals surface area contributed by atoms with Gasteiger partial charge in [-0.1, -0.05) is 24.6 Å². The average Bonchev–Trinajstić information content (AvgIpc) is 2.71. The summed E-state index contributed by atoms with van der Waals surface area (Å²) in [5, 5.41) is 6.53. The van der Waals surface area contributed by atoms with Crippen LogP contribution in [-0.4, -0.2) is 57.4 Å². The van der Waals surface area contributed by atoms with Crippen LogP contribution < -0.4 is 10.6 Å². The van der Waals surface area contributed by atoms with Crippen molar-refractivity contribution in [3.8, 4) is 0 Å². The highest BCUT2D eigenvalue weighted by atomic mass is 32.2. The first-order chi connectivity index (χ1) is 13.1. The molecule has 0 amide bonds. The minimum absolute atomic E-state index is 0.398. The summed E-state index contributed by atoms with van der Waals surface area (Å²) >= 11 is 1.85. The topological polar surface area (TPSA) is 73.8 Å². The summed E-state index contributed by atoms with van der Waals surface area (Å²) in [6.07, 6.45) is 7.35. The SMILES string of the molecule is CN=C(NCCCCSC)NCc1ccccc1S(=O)(=O)N1CCCCC1. The zero-order valence-corrected chi connectivity index (χ0v) is 18.0. The van der Waals surface area contributed by atoms with Crippen molar-refractivity contribution in [1.82, 2.24) is 14.9 Å². The highest BCUT2D eigenvalue weighted by molar-refractivity contribution is 7.98. The van der Waals surface area contributed by atoms with Gasteiger partial charge in [-0.2, -0.15) is 16.1 Å². The number of benzene rings is 1. The molecule has 0 atom stereocenters. The van der Waals surface area contributed by atoms with E-state index >= 15 is 0 Å². The number of unbranched alkanes of at least 4 members (excludes halogenated alkanes) is 1. The van der Waals surface area contributed by atoms with Crippen LogP contribution in [0.4, 0.5) is 0 Å². The first-order valence-electron chi connectivity index (χ1n) is 9.61. The second-order valence-corrected chi connectivity index (χ2v) is 9.52. The molecule has 2 N–H and O–H groups in total. The number of hydrogen-bond donors (Lipinski definition) is 2. The van der Waals surface area contributed by atoms with E-state index in [9.17, 15) is 8.42 Å². The van der Waals surface area contributed by atoms with Crippen LogP contribution in [0.1, 0.15) is 37.7 Å². The Morgan fingerprint density at radius 1 is 1.15 bits per heavy atom. The van der Waals surface area contributed by atoms with Crippen molar-refractivity contribution in [2.24, 2.45) is 4.99 Å². The van der Waals surface area contributed by atoms with Crippen LogP contribution in [0.5, 0.6) is 0 Å². The largest absolute Gasteiger partial charge is 0.356 e. The number of piperidine rings is 1. The molecule has 2 rings (SSSR count). The molecule has 1 aromatic rings. The highest BCUT2D eigenvalue weighted by Gasteiger charge is 2.27. The number of nitrogens with zero attached hydrogens (tertiary/aromatic N) is 2. The van der Waals surface area contributed by atoms with Crippen LogP contribution in [0.2, 0.25) is 0 Å². The fraction of sp³-hybridized carbons (Fsp3) is 0.632. The Balaban J connectivity index is 1.98. The van der Waals surface area contributed by atoms with Gasteiger partial charge in [-0.25, -0.2) is 8.42 Å². The molecule has 0 bridgehead atoms. The van der Waals surface area contributed by atoms with Crippen LogP contribution in [0.3, 0.4) is 0 Å². The molecule has 0 unspecified atom stereocenters. The molecule has 1 aliphatic heterocycles. The zero-order valence-electron chi connectivity index (χ0n) is 16.4. The average molecular weight is 413 g/mol. The van der Waals surface area contributed by atoms with Crippen LogP contribution in [-0.2, 0) is 16.6 Å². The Morgan fingerprint density at radius 2 is 1.89 bits per heavy atom. The summed E-state index contributed by atoms with van der Waals surface area (Å²) in [6, 6.07) is 7.25. The van der Waals surface area contributed by atoms with Crippen molar-refractivity contribution in [3.05, 3.63) is 29.8 Å². The normalized spacial score (nSPS) is 16.3. The molecule has 1 aliphatic rings. The van der Waals surface area contributed by atoms with Crippen LogP contribution in [0.15, 0.2) is 34.2 Å². The molecule has 27 heavy (non-hydrogen) atoms. The second kappa shape index (κ2) is 11.6. The van der Waals surface area contributed by atoms with Gasteiger partial charge in [0.25, 0.3) is 0 Å². The van der Waals surface area contributed by atoms with E-state index in [1.165, 1.54) is 6.42 Å². The van der Waals surface area contributed by atoms with E-state index in [0.717, 1.165) is 43.5 Å². The number of nitrogens with one attached hydrogen (secondary N) is 2. The van der Waals surface area contributed by atoms with Gasteiger partial charge in [-0.15, -0.1) is 0 Å². The number of sulfonamides is 1. The maximum absolute atomic E-state index is 13.0. The molecule has 6 nitrogen and oxygen atoms in total. The maximum atomic E-state index is 13.0. The van der Waals surface area contributed by atoms with E-state index in [2.05, 4.69) is 21.9 Å². The molecule has 0 radical (unpaired) electrons. The smallest absolute Gasteiger partial charge is 0.243 e. The third-order valence-electron chi connectivity index (χ3n) is 4.64. The Morgan fingerprint density at radius 3 is 2.59 bits per heavy atom. The third kappa shape index (κ3) is 6.69. The van der Waals surface area contributed by atoms with Gasteiger partial charge in [0.05, 0.1) is 4.90 Å². The van der Waals surface area contributed by atoms with E-state index in [1.807, 2.05) is 23.9 Å². The molecule has 8 heteroatoms. The van der Waals surface area contributed by atoms with Gasteiger partial charge in [0.15, 0.2) is 5.96 Å². The van der Waals surface area contributed by atoms with Gasteiger partial charge < -0.3 is 10.6 Å². The Bertz CT molecular complexity index is 701.